The van der Waals surface area contributed by atoms with Gasteiger partial charge in [0.2, 0.25) is 0 Å². The fraction of sp³-hybridized carbons (Fsp3) is 0.636. The van der Waals surface area contributed by atoms with E-state index in [1.807, 2.05) is 11.3 Å². The Morgan fingerprint density at radius 3 is 2.57 bits per heavy atom. The minimum Gasteiger partial charge on any atom is -0.323 e. The van der Waals surface area contributed by atoms with E-state index >= 15 is 0 Å². The van der Waals surface area contributed by atoms with Gasteiger partial charge in [-0.25, -0.2) is 0 Å². The average molecular weight is 232 g/mol. The largest absolute Gasteiger partial charge is 0.323 e. The van der Waals surface area contributed by atoms with Crippen molar-refractivity contribution in [2.75, 3.05) is 0 Å². The quantitative estimate of drug-likeness (QED) is 0.826. The van der Waals surface area contributed by atoms with Gasteiger partial charge in [0.1, 0.15) is 0 Å². The van der Waals surface area contributed by atoms with Gasteiger partial charge < -0.3 is 5.73 Å². The number of halogens is 1. The van der Waals surface area contributed by atoms with Crippen LogP contribution >= 0.6 is 23.7 Å². The Balaban J connectivity index is 0.000000980. The van der Waals surface area contributed by atoms with Crippen molar-refractivity contribution in [1.29, 1.82) is 0 Å². The molecule has 1 atom stereocenters. The predicted octanol–water partition coefficient (Wildman–Crippen LogP) is 3.67. The number of nitrogens with two attached hydrogens (primary N) is 1. The van der Waals surface area contributed by atoms with E-state index in [4.69, 9.17) is 5.73 Å². The van der Waals surface area contributed by atoms with Crippen LogP contribution in [0.5, 0.6) is 0 Å². The number of rotatable bonds is 2. The van der Waals surface area contributed by atoms with Gasteiger partial charge in [-0.3, -0.25) is 0 Å². The molecule has 3 heteroatoms. The summed E-state index contributed by atoms with van der Waals surface area (Å²) < 4.78 is 0. The zero-order chi connectivity index (χ0) is 9.26. The molecule has 1 aliphatic rings. The number of hydrogen-bond donors (Lipinski definition) is 1. The minimum absolute atomic E-state index is 0. The number of hydrogen-bond acceptors (Lipinski definition) is 2. The third kappa shape index (κ3) is 2.30. The molecular weight excluding hydrogens is 214 g/mol. The first-order valence-corrected chi connectivity index (χ1v) is 5.96. The normalized spacial score (nSPS) is 19.3. The van der Waals surface area contributed by atoms with Crippen LogP contribution in [0.25, 0.3) is 0 Å². The first-order chi connectivity index (χ1) is 6.29. The van der Waals surface area contributed by atoms with Crippen molar-refractivity contribution in [3.63, 3.8) is 0 Å². The lowest BCUT2D eigenvalue weighted by Crippen LogP contribution is -2.18. The summed E-state index contributed by atoms with van der Waals surface area (Å²) in [5.74, 6) is 0.748. The van der Waals surface area contributed by atoms with Gasteiger partial charge in [0.15, 0.2) is 0 Å². The molecule has 1 aromatic heterocycles. The van der Waals surface area contributed by atoms with E-state index < -0.39 is 0 Å². The smallest absolute Gasteiger partial charge is 0.0421 e. The van der Waals surface area contributed by atoms with Crippen molar-refractivity contribution in [1.82, 2.24) is 0 Å². The molecule has 1 heterocycles. The molecule has 1 aliphatic carbocycles. The lowest BCUT2D eigenvalue weighted by Gasteiger charge is -2.18. The first kappa shape index (κ1) is 12.0. The van der Waals surface area contributed by atoms with Gasteiger partial charge in [-0.1, -0.05) is 12.8 Å². The molecule has 0 radical (unpaired) electrons. The molecule has 2 N–H and O–H groups in total. The second-order valence-electron chi connectivity index (χ2n) is 4.04. The van der Waals surface area contributed by atoms with Crippen LogP contribution in [0.2, 0.25) is 0 Å². The zero-order valence-electron chi connectivity index (χ0n) is 8.53. The van der Waals surface area contributed by atoms with Crippen LogP contribution in [0.3, 0.4) is 0 Å². The molecule has 0 aromatic carbocycles. The van der Waals surface area contributed by atoms with Crippen LogP contribution < -0.4 is 5.73 Å². The maximum absolute atomic E-state index is 6.26. The van der Waals surface area contributed by atoms with Crippen molar-refractivity contribution in [2.45, 2.75) is 38.6 Å². The predicted molar refractivity (Wildman–Crippen MR) is 65.2 cm³/mol. The van der Waals surface area contributed by atoms with Crippen molar-refractivity contribution in [3.05, 3.63) is 21.9 Å². The van der Waals surface area contributed by atoms with Crippen molar-refractivity contribution in [3.8, 4) is 0 Å². The second kappa shape index (κ2) is 5.15. The Hall–Kier alpha value is -0.0500. The van der Waals surface area contributed by atoms with Crippen LogP contribution in [0.4, 0.5) is 0 Å². The Kier molecular flexibility index (Phi) is 4.42. The molecule has 1 nitrogen and oxygen atoms in total. The van der Waals surface area contributed by atoms with Crippen LogP contribution in [-0.4, -0.2) is 0 Å². The van der Waals surface area contributed by atoms with Gasteiger partial charge in [0.05, 0.1) is 0 Å². The van der Waals surface area contributed by atoms with E-state index in [-0.39, 0.29) is 12.4 Å². The average Bonchev–Trinajstić information content (AvgIpc) is 2.72. The summed E-state index contributed by atoms with van der Waals surface area (Å²) in [5.41, 5.74) is 7.64. The lowest BCUT2D eigenvalue weighted by atomic mass is 9.96. The number of aryl methyl sites for hydroxylation is 1. The molecule has 0 saturated heterocycles. The van der Waals surface area contributed by atoms with Crippen LogP contribution in [-0.2, 0) is 0 Å². The summed E-state index contributed by atoms with van der Waals surface area (Å²) >= 11 is 1.82. The van der Waals surface area contributed by atoms with Crippen LogP contribution in [0.15, 0.2) is 11.4 Å². The van der Waals surface area contributed by atoms with Crippen molar-refractivity contribution < 1.29 is 0 Å². The summed E-state index contributed by atoms with van der Waals surface area (Å²) in [6.07, 6.45) is 5.42. The highest BCUT2D eigenvalue weighted by Crippen LogP contribution is 2.36. The monoisotopic (exact) mass is 231 g/mol. The highest BCUT2D eigenvalue weighted by atomic mass is 35.5. The molecule has 0 spiro atoms. The van der Waals surface area contributed by atoms with Gasteiger partial charge >= 0.3 is 0 Å². The zero-order valence-corrected chi connectivity index (χ0v) is 10.2. The highest BCUT2D eigenvalue weighted by molar-refractivity contribution is 7.10. The SMILES string of the molecule is Cc1ccsc1[C@H](N)C1CCCC1.Cl. The molecular formula is C11H18ClNS. The Bertz CT molecular complexity index is 279. The van der Waals surface area contributed by atoms with E-state index in [1.165, 1.54) is 36.1 Å². The van der Waals surface area contributed by atoms with Gasteiger partial charge in [-0.15, -0.1) is 23.7 Å². The minimum atomic E-state index is 0. The molecule has 0 amide bonds. The molecule has 0 aliphatic heterocycles. The van der Waals surface area contributed by atoms with Gasteiger partial charge in [-0.2, -0.15) is 0 Å². The van der Waals surface area contributed by atoms with Crippen LogP contribution in [0, 0.1) is 12.8 Å². The fourth-order valence-corrected chi connectivity index (χ4v) is 3.28. The molecule has 1 fully saturated rings. The van der Waals surface area contributed by atoms with Crippen LogP contribution in [0.1, 0.15) is 42.2 Å². The number of thiophene rings is 1. The van der Waals surface area contributed by atoms with Crippen molar-refractivity contribution >= 4 is 23.7 Å². The molecule has 2 rings (SSSR count). The standard InChI is InChI=1S/C11H17NS.ClH/c1-8-6-7-13-11(8)10(12)9-4-2-3-5-9;/h6-7,9-10H,2-5,12H2,1H3;1H/t10-;/m1./s1. The summed E-state index contributed by atoms with van der Waals surface area (Å²) in [6.45, 7) is 2.17. The third-order valence-electron chi connectivity index (χ3n) is 3.11. The Labute approximate surface area is 96.1 Å². The highest BCUT2D eigenvalue weighted by Gasteiger charge is 2.24. The maximum atomic E-state index is 6.26. The van der Waals surface area contributed by atoms with Gasteiger partial charge in [0, 0.05) is 10.9 Å². The van der Waals surface area contributed by atoms with Crippen molar-refractivity contribution in [2.24, 2.45) is 11.7 Å². The molecule has 0 bridgehead atoms. The molecule has 1 aromatic rings. The van der Waals surface area contributed by atoms with E-state index in [1.54, 1.807) is 0 Å². The molecule has 0 unspecified atom stereocenters. The lowest BCUT2D eigenvalue weighted by molar-refractivity contribution is 0.449. The topological polar surface area (TPSA) is 26.0 Å². The fourth-order valence-electron chi connectivity index (χ4n) is 2.26. The summed E-state index contributed by atoms with van der Waals surface area (Å²) in [7, 11) is 0. The Morgan fingerprint density at radius 1 is 1.43 bits per heavy atom. The summed E-state index contributed by atoms with van der Waals surface area (Å²) in [5, 5.41) is 2.15. The summed E-state index contributed by atoms with van der Waals surface area (Å²) in [6, 6.07) is 2.48. The van der Waals surface area contributed by atoms with E-state index in [0.717, 1.165) is 5.92 Å². The van der Waals surface area contributed by atoms with Gasteiger partial charge in [0.25, 0.3) is 0 Å². The molecule has 14 heavy (non-hydrogen) atoms. The second-order valence-corrected chi connectivity index (χ2v) is 4.99. The van der Waals surface area contributed by atoms with E-state index in [9.17, 15) is 0 Å². The molecule has 1 saturated carbocycles. The van der Waals surface area contributed by atoms with Gasteiger partial charge in [-0.05, 0) is 42.7 Å². The first-order valence-electron chi connectivity index (χ1n) is 5.08. The van der Waals surface area contributed by atoms with E-state index in [2.05, 4.69) is 18.4 Å². The Morgan fingerprint density at radius 2 is 2.07 bits per heavy atom. The third-order valence-corrected chi connectivity index (χ3v) is 4.23. The van der Waals surface area contributed by atoms with E-state index in [0.29, 0.717) is 6.04 Å². The summed E-state index contributed by atoms with van der Waals surface area (Å²) in [4.78, 5) is 1.41. The maximum Gasteiger partial charge on any atom is 0.0421 e. The molecule has 80 valence electrons.